The zero-order valence-corrected chi connectivity index (χ0v) is 9.17. The molecule has 0 spiro atoms. The van der Waals surface area contributed by atoms with Gasteiger partial charge in [0.25, 0.3) is 0 Å². The van der Waals surface area contributed by atoms with Crippen molar-refractivity contribution in [1.82, 2.24) is 0 Å². The summed E-state index contributed by atoms with van der Waals surface area (Å²) in [4.78, 5) is 0. The predicted molar refractivity (Wildman–Crippen MR) is 60.4 cm³/mol. The van der Waals surface area contributed by atoms with Gasteiger partial charge in [-0.05, 0) is 36.4 Å². The van der Waals surface area contributed by atoms with Crippen molar-refractivity contribution in [2.75, 3.05) is 13.2 Å². The van der Waals surface area contributed by atoms with Crippen molar-refractivity contribution in [3.63, 3.8) is 0 Å². The molecular weight excluding hydrogens is 223 g/mol. The van der Waals surface area contributed by atoms with E-state index in [-0.39, 0.29) is 24.9 Å². The van der Waals surface area contributed by atoms with Gasteiger partial charge in [-0.1, -0.05) is 0 Å². The van der Waals surface area contributed by atoms with E-state index in [1.807, 2.05) is 0 Å². The van der Waals surface area contributed by atoms with Crippen LogP contribution in [-0.4, -0.2) is 18.3 Å². The third-order valence-electron chi connectivity index (χ3n) is 2.43. The van der Waals surface area contributed by atoms with E-state index in [2.05, 4.69) is 0 Å². The Bertz CT molecular complexity index is 436. The number of ether oxygens (including phenoxy) is 1. The number of hydrogen-bond donors (Lipinski definition) is 1. The lowest BCUT2D eigenvalue weighted by molar-refractivity contribution is 0.190. The molecule has 0 amide bonds. The van der Waals surface area contributed by atoms with Crippen LogP contribution in [0.25, 0.3) is 0 Å². The Labute approximate surface area is 98.5 Å². The summed E-state index contributed by atoms with van der Waals surface area (Å²) in [6.45, 7) is 0.227. The summed E-state index contributed by atoms with van der Waals surface area (Å²) in [5, 5.41) is 9.22. The van der Waals surface area contributed by atoms with Crippen LogP contribution in [0.1, 0.15) is 11.7 Å². The monoisotopic (exact) mass is 236 g/mol. The molecule has 0 radical (unpaired) electrons. The fourth-order valence-corrected chi connectivity index (χ4v) is 1.48. The summed E-state index contributed by atoms with van der Waals surface area (Å²) in [5.41, 5.74) is 0. The van der Waals surface area contributed by atoms with Crippen LogP contribution in [0, 0.1) is 5.82 Å². The SMILES string of the molecule is OCC(COc1ccc(F)cc1)c1ccco1. The number of rotatable bonds is 5. The third-order valence-corrected chi connectivity index (χ3v) is 2.43. The standard InChI is InChI=1S/C13H13FO3/c14-11-3-5-12(6-4-11)17-9-10(8-15)13-2-1-7-16-13/h1-7,10,15H,8-9H2. The number of aliphatic hydroxyl groups excluding tert-OH is 1. The Hall–Kier alpha value is -1.81. The van der Waals surface area contributed by atoms with Gasteiger partial charge in [0, 0.05) is 0 Å². The topological polar surface area (TPSA) is 42.6 Å². The quantitative estimate of drug-likeness (QED) is 0.867. The molecule has 1 aromatic carbocycles. The zero-order chi connectivity index (χ0) is 12.1. The average Bonchev–Trinajstić information content (AvgIpc) is 2.86. The second-order valence-corrected chi connectivity index (χ2v) is 3.66. The van der Waals surface area contributed by atoms with Crippen molar-refractivity contribution in [2.45, 2.75) is 5.92 Å². The molecule has 3 nitrogen and oxygen atoms in total. The first kappa shape index (κ1) is 11.7. The van der Waals surface area contributed by atoms with E-state index >= 15 is 0 Å². The van der Waals surface area contributed by atoms with Crippen molar-refractivity contribution in [1.29, 1.82) is 0 Å². The minimum absolute atomic E-state index is 0.0608. The minimum Gasteiger partial charge on any atom is -0.493 e. The summed E-state index contributed by atoms with van der Waals surface area (Å²) in [7, 11) is 0. The molecule has 0 bridgehead atoms. The number of benzene rings is 1. The second kappa shape index (κ2) is 5.50. The third kappa shape index (κ3) is 3.07. The average molecular weight is 236 g/mol. The maximum Gasteiger partial charge on any atom is 0.123 e. The molecule has 2 aromatic rings. The van der Waals surface area contributed by atoms with Crippen LogP contribution in [0.4, 0.5) is 4.39 Å². The minimum atomic E-state index is -0.304. The lowest BCUT2D eigenvalue weighted by Gasteiger charge is -2.12. The van der Waals surface area contributed by atoms with Gasteiger partial charge < -0.3 is 14.3 Å². The predicted octanol–water partition coefficient (Wildman–Crippen LogP) is 2.57. The number of furan rings is 1. The van der Waals surface area contributed by atoms with E-state index in [9.17, 15) is 9.50 Å². The molecule has 4 heteroatoms. The maximum absolute atomic E-state index is 12.7. The molecule has 1 heterocycles. The van der Waals surface area contributed by atoms with Crippen molar-refractivity contribution >= 4 is 0 Å². The Morgan fingerprint density at radius 2 is 2.00 bits per heavy atom. The lowest BCUT2D eigenvalue weighted by Crippen LogP contribution is -2.13. The van der Waals surface area contributed by atoms with E-state index < -0.39 is 0 Å². The summed E-state index contributed by atoms with van der Waals surface area (Å²) in [6.07, 6.45) is 1.55. The molecular formula is C13H13FO3. The van der Waals surface area contributed by atoms with Crippen molar-refractivity contribution in [2.24, 2.45) is 0 Å². The first-order valence-electron chi connectivity index (χ1n) is 5.32. The molecule has 1 N–H and O–H groups in total. The molecule has 0 aliphatic rings. The second-order valence-electron chi connectivity index (χ2n) is 3.66. The number of halogens is 1. The molecule has 90 valence electrons. The highest BCUT2D eigenvalue weighted by atomic mass is 19.1. The molecule has 1 atom stereocenters. The molecule has 1 aromatic heterocycles. The highest BCUT2D eigenvalue weighted by Crippen LogP contribution is 2.18. The van der Waals surface area contributed by atoms with Gasteiger partial charge in [0.1, 0.15) is 23.9 Å². The highest BCUT2D eigenvalue weighted by Gasteiger charge is 2.14. The summed E-state index contributed by atoms with van der Waals surface area (Å²) in [6, 6.07) is 9.30. The molecule has 17 heavy (non-hydrogen) atoms. The van der Waals surface area contributed by atoms with E-state index in [0.717, 1.165) is 0 Å². The van der Waals surface area contributed by atoms with Gasteiger partial charge in [0.15, 0.2) is 0 Å². The summed E-state index contributed by atoms with van der Waals surface area (Å²) in [5.74, 6) is 0.725. The van der Waals surface area contributed by atoms with E-state index in [1.165, 1.54) is 12.1 Å². The normalized spacial score (nSPS) is 12.4. The van der Waals surface area contributed by atoms with Gasteiger partial charge in [0.05, 0.1) is 18.8 Å². The van der Waals surface area contributed by atoms with Gasteiger partial charge >= 0.3 is 0 Å². The van der Waals surface area contributed by atoms with Crippen molar-refractivity contribution in [3.8, 4) is 5.75 Å². The number of aliphatic hydroxyl groups is 1. The first-order valence-corrected chi connectivity index (χ1v) is 5.32. The van der Waals surface area contributed by atoms with Crippen molar-refractivity contribution < 1.29 is 18.7 Å². The maximum atomic E-state index is 12.7. The van der Waals surface area contributed by atoms with E-state index in [1.54, 1.807) is 30.5 Å². The zero-order valence-electron chi connectivity index (χ0n) is 9.17. The van der Waals surface area contributed by atoms with Crippen molar-refractivity contribution in [3.05, 3.63) is 54.2 Å². The molecule has 1 unspecified atom stereocenters. The van der Waals surface area contributed by atoms with Gasteiger partial charge in [-0.25, -0.2) is 4.39 Å². The van der Waals surface area contributed by atoms with Crippen LogP contribution in [-0.2, 0) is 0 Å². The van der Waals surface area contributed by atoms with Gasteiger partial charge in [-0.3, -0.25) is 0 Å². The summed E-state index contributed by atoms with van der Waals surface area (Å²) >= 11 is 0. The first-order chi connectivity index (χ1) is 8.29. The Morgan fingerprint density at radius 3 is 2.59 bits per heavy atom. The van der Waals surface area contributed by atoms with Gasteiger partial charge in [-0.15, -0.1) is 0 Å². The smallest absolute Gasteiger partial charge is 0.123 e. The van der Waals surface area contributed by atoms with Crippen LogP contribution >= 0.6 is 0 Å². The van der Waals surface area contributed by atoms with Crippen LogP contribution in [0.5, 0.6) is 5.75 Å². The van der Waals surface area contributed by atoms with Gasteiger partial charge in [0.2, 0.25) is 0 Å². The molecule has 2 rings (SSSR count). The van der Waals surface area contributed by atoms with Gasteiger partial charge in [-0.2, -0.15) is 0 Å². The number of hydrogen-bond acceptors (Lipinski definition) is 3. The molecule has 0 aliphatic carbocycles. The fourth-order valence-electron chi connectivity index (χ4n) is 1.48. The molecule has 0 fully saturated rings. The summed E-state index contributed by atoms with van der Waals surface area (Å²) < 4.78 is 23.3. The Balaban J connectivity index is 1.94. The Morgan fingerprint density at radius 1 is 1.24 bits per heavy atom. The molecule has 0 saturated heterocycles. The molecule has 0 saturated carbocycles. The van der Waals surface area contributed by atoms with Crippen LogP contribution in [0.3, 0.4) is 0 Å². The molecule has 0 aliphatic heterocycles. The highest BCUT2D eigenvalue weighted by molar-refractivity contribution is 5.22. The van der Waals surface area contributed by atoms with Crippen LogP contribution in [0.2, 0.25) is 0 Å². The Kier molecular flexibility index (Phi) is 3.77. The van der Waals surface area contributed by atoms with Crippen LogP contribution in [0.15, 0.2) is 47.1 Å². The lowest BCUT2D eigenvalue weighted by atomic mass is 10.1. The fraction of sp³-hybridized carbons (Fsp3) is 0.231. The van der Waals surface area contributed by atoms with E-state index in [0.29, 0.717) is 11.5 Å². The largest absolute Gasteiger partial charge is 0.493 e. The van der Waals surface area contributed by atoms with Crippen LogP contribution < -0.4 is 4.74 Å². The van der Waals surface area contributed by atoms with E-state index in [4.69, 9.17) is 9.15 Å².